The van der Waals surface area contributed by atoms with E-state index in [1.807, 2.05) is 30.3 Å². The van der Waals surface area contributed by atoms with Crippen molar-refractivity contribution < 1.29 is 19.1 Å². The molecule has 5 nitrogen and oxygen atoms in total. The molecule has 0 heterocycles. The topological polar surface area (TPSA) is 69.7 Å². The number of esters is 2. The van der Waals surface area contributed by atoms with Gasteiger partial charge in [-0.3, -0.25) is 14.4 Å². The zero-order valence-electron chi connectivity index (χ0n) is 17.8. The summed E-state index contributed by atoms with van der Waals surface area (Å²) in [6, 6.07) is 9.46. The number of ether oxygens (including phenoxy) is 2. The third-order valence-corrected chi connectivity index (χ3v) is 7.53. The second-order valence-electron chi connectivity index (χ2n) is 8.57. The molecule has 0 spiro atoms. The van der Waals surface area contributed by atoms with Gasteiger partial charge < -0.3 is 9.47 Å². The Labute approximate surface area is 172 Å². The molecule has 154 valence electrons. The molecule has 0 saturated heterocycles. The van der Waals surface area contributed by atoms with E-state index in [1.165, 1.54) is 0 Å². The van der Waals surface area contributed by atoms with Crippen molar-refractivity contribution >= 4 is 36.0 Å². The smallest absolute Gasteiger partial charge is 0.324 e. The van der Waals surface area contributed by atoms with Crippen LogP contribution in [0, 0.1) is 5.41 Å². The number of benzene rings is 1. The molecular formula is C23H28O5Si. The van der Waals surface area contributed by atoms with Crippen molar-refractivity contribution in [1.82, 2.24) is 0 Å². The van der Waals surface area contributed by atoms with E-state index in [2.05, 4.69) is 19.6 Å². The van der Waals surface area contributed by atoms with Gasteiger partial charge in [0.25, 0.3) is 0 Å². The molecule has 0 bridgehead atoms. The van der Waals surface area contributed by atoms with Crippen LogP contribution in [0.5, 0.6) is 0 Å². The number of carbonyl (C=O) groups is 2. The molecule has 0 fully saturated rings. The van der Waals surface area contributed by atoms with Crippen LogP contribution < -0.4 is 10.6 Å². The summed E-state index contributed by atoms with van der Waals surface area (Å²) in [5, 5.41) is 2.28. The third-order valence-electron chi connectivity index (χ3n) is 5.50. The van der Waals surface area contributed by atoms with Crippen LogP contribution in [-0.4, -0.2) is 33.2 Å². The summed E-state index contributed by atoms with van der Waals surface area (Å²) in [6.07, 6.45) is 0.339. The van der Waals surface area contributed by atoms with Gasteiger partial charge in [-0.2, -0.15) is 0 Å². The van der Waals surface area contributed by atoms with Crippen molar-refractivity contribution in [3.05, 3.63) is 51.7 Å². The second-order valence-corrected chi connectivity index (χ2v) is 13.6. The lowest BCUT2D eigenvalue weighted by molar-refractivity contribution is -0.171. The average Bonchev–Trinajstić information content (AvgIpc) is 2.96. The number of fused-ring (bicyclic) bond motifs is 2. The van der Waals surface area contributed by atoms with Gasteiger partial charge in [0.1, 0.15) is 0 Å². The van der Waals surface area contributed by atoms with E-state index >= 15 is 0 Å². The first-order valence-electron chi connectivity index (χ1n) is 10.1. The van der Waals surface area contributed by atoms with Crippen molar-refractivity contribution in [1.29, 1.82) is 0 Å². The van der Waals surface area contributed by atoms with Gasteiger partial charge in [-0.1, -0.05) is 50.0 Å². The van der Waals surface area contributed by atoms with Crippen LogP contribution in [-0.2, 0) is 31.9 Å². The fourth-order valence-electron chi connectivity index (χ4n) is 4.29. The van der Waals surface area contributed by atoms with Crippen LogP contribution in [0.2, 0.25) is 19.6 Å². The van der Waals surface area contributed by atoms with Crippen molar-refractivity contribution in [2.45, 2.75) is 46.3 Å². The average molecular weight is 413 g/mol. The van der Waals surface area contributed by atoms with Gasteiger partial charge in [0, 0.05) is 5.39 Å². The predicted molar refractivity (Wildman–Crippen MR) is 116 cm³/mol. The van der Waals surface area contributed by atoms with E-state index < -0.39 is 25.4 Å². The fourth-order valence-corrected chi connectivity index (χ4v) is 6.26. The maximum Gasteiger partial charge on any atom is 0.324 e. The Balaban J connectivity index is 2.33. The van der Waals surface area contributed by atoms with E-state index in [-0.39, 0.29) is 31.5 Å². The Morgan fingerprint density at radius 1 is 1.00 bits per heavy atom. The number of rotatable bonds is 5. The molecule has 6 heteroatoms. The first kappa shape index (κ1) is 21.2. The van der Waals surface area contributed by atoms with Gasteiger partial charge in [0.05, 0.1) is 21.3 Å². The monoisotopic (exact) mass is 412 g/mol. The van der Waals surface area contributed by atoms with E-state index in [0.29, 0.717) is 5.39 Å². The highest BCUT2D eigenvalue weighted by Crippen LogP contribution is 2.39. The van der Waals surface area contributed by atoms with Crippen LogP contribution >= 0.6 is 0 Å². The van der Waals surface area contributed by atoms with Crippen molar-refractivity contribution in [3.63, 3.8) is 0 Å². The molecule has 0 atom stereocenters. The maximum atomic E-state index is 13.5. The Hall–Kier alpha value is -2.47. The summed E-state index contributed by atoms with van der Waals surface area (Å²) in [7, 11) is -2.09. The highest BCUT2D eigenvalue weighted by Gasteiger charge is 2.54. The zero-order chi connectivity index (χ0) is 21.4. The molecule has 1 aliphatic carbocycles. The van der Waals surface area contributed by atoms with Crippen LogP contribution in [0.15, 0.2) is 35.1 Å². The normalized spacial score (nSPS) is 15.1. The fraction of sp³-hybridized carbons (Fsp3) is 0.435. The summed E-state index contributed by atoms with van der Waals surface area (Å²) < 4.78 is 10.6. The second kappa shape index (κ2) is 7.75. The lowest BCUT2D eigenvalue weighted by Gasteiger charge is -2.25. The molecule has 0 saturated carbocycles. The Morgan fingerprint density at radius 2 is 1.59 bits per heavy atom. The molecule has 0 N–H and O–H groups in total. The maximum absolute atomic E-state index is 13.5. The molecule has 0 unspecified atom stereocenters. The summed E-state index contributed by atoms with van der Waals surface area (Å²) in [5.41, 5.74) is 0.267. The molecular weight excluding hydrogens is 384 g/mol. The van der Waals surface area contributed by atoms with Gasteiger partial charge in [-0.15, -0.1) is 0 Å². The molecule has 3 rings (SSSR count). The van der Waals surface area contributed by atoms with Gasteiger partial charge in [-0.25, -0.2) is 0 Å². The molecule has 29 heavy (non-hydrogen) atoms. The molecule has 0 aliphatic heterocycles. The minimum absolute atomic E-state index is 0.00420. The van der Waals surface area contributed by atoms with Crippen molar-refractivity contribution in [3.8, 4) is 0 Å². The highest BCUT2D eigenvalue weighted by molar-refractivity contribution is 6.89. The number of carbonyl (C=O) groups excluding carboxylic acids is 2. The van der Waals surface area contributed by atoms with Crippen molar-refractivity contribution in [2.75, 3.05) is 13.2 Å². The summed E-state index contributed by atoms with van der Waals surface area (Å²) in [6.45, 7) is 10.2. The molecule has 0 aromatic heterocycles. The molecule has 0 amide bonds. The Kier molecular flexibility index (Phi) is 5.67. The predicted octanol–water partition coefficient (Wildman–Crippen LogP) is 2.96. The molecule has 0 radical (unpaired) electrons. The SMILES string of the molecule is CCOC(=O)C1(C(=O)OCC)Cc2cc3ccccc3c(=O)c([Si](C)(C)C)c2C1. The summed E-state index contributed by atoms with van der Waals surface area (Å²) in [4.78, 5) is 39.4. The van der Waals surface area contributed by atoms with Gasteiger partial charge in [0.15, 0.2) is 10.8 Å². The van der Waals surface area contributed by atoms with Crippen molar-refractivity contribution in [2.24, 2.45) is 5.41 Å². The standard InChI is InChI=1S/C23H28O5Si/c1-6-27-21(25)23(22(26)28-7-2)13-16-12-15-10-8-9-11-17(15)19(24)20(18(16)14-23)29(3,4)5/h8-12H,6-7,13-14H2,1-5H3. The largest absolute Gasteiger partial charge is 0.465 e. The van der Waals surface area contributed by atoms with E-state index in [1.54, 1.807) is 13.8 Å². The third kappa shape index (κ3) is 3.61. The molecule has 2 aromatic carbocycles. The number of hydrogen-bond acceptors (Lipinski definition) is 5. The quantitative estimate of drug-likeness (QED) is 0.429. The molecule has 2 aromatic rings. The first-order chi connectivity index (χ1) is 13.7. The Bertz CT molecular complexity index is 1020. The van der Waals surface area contributed by atoms with Crippen LogP contribution in [0.4, 0.5) is 0 Å². The first-order valence-corrected chi connectivity index (χ1v) is 13.6. The van der Waals surface area contributed by atoms with Gasteiger partial charge in [-0.05, 0) is 48.4 Å². The molecule has 1 aliphatic rings. The lowest BCUT2D eigenvalue weighted by atomic mass is 9.84. The van der Waals surface area contributed by atoms with E-state index in [0.717, 1.165) is 21.7 Å². The lowest BCUT2D eigenvalue weighted by Crippen LogP contribution is -2.49. The van der Waals surface area contributed by atoms with E-state index in [4.69, 9.17) is 9.47 Å². The number of hydrogen-bond donors (Lipinski definition) is 0. The summed E-state index contributed by atoms with van der Waals surface area (Å²) >= 11 is 0. The van der Waals surface area contributed by atoms with Crippen LogP contribution in [0.1, 0.15) is 25.0 Å². The minimum Gasteiger partial charge on any atom is -0.465 e. The van der Waals surface area contributed by atoms with Crippen LogP contribution in [0.25, 0.3) is 10.8 Å². The van der Waals surface area contributed by atoms with Crippen LogP contribution in [0.3, 0.4) is 0 Å². The van der Waals surface area contributed by atoms with Gasteiger partial charge >= 0.3 is 11.9 Å². The van der Waals surface area contributed by atoms with E-state index in [9.17, 15) is 14.4 Å². The highest BCUT2D eigenvalue weighted by atomic mass is 28.3. The van der Waals surface area contributed by atoms with Gasteiger partial charge in [0.2, 0.25) is 0 Å². The zero-order valence-corrected chi connectivity index (χ0v) is 18.8. The Morgan fingerprint density at radius 3 is 2.14 bits per heavy atom. The minimum atomic E-state index is -2.09. The summed E-state index contributed by atoms with van der Waals surface area (Å²) in [5.74, 6) is -1.15.